The summed E-state index contributed by atoms with van der Waals surface area (Å²) in [6.45, 7) is 3.32. The van der Waals surface area contributed by atoms with E-state index in [9.17, 15) is 0 Å². The van der Waals surface area contributed by atoms with Gasteiger partial charge in [-0.25, -0.2) is 0 Å². The van der Waals surface area contributed by atoms with Crippen molar-refractivity contribution in [2.45, 2.75) is 31.8 Å². The standard InChI is InChI=1S/C17H29N3O/c1-19(2)13-14-7-8-17(21-4)16(12-14)18-15-6-5-10-20(3)11-9-15/h7-8,12,15,18H,5-6,9-11,13H2,1-4H3. The van der Waals surface area contributed by atoms with E-state index in [1.165, 1.54) is 31.4 Å². The van der Waals surface area contributed by atoms with Gasteiger partial charge in [0.05, 0.1) is 12.8 Å². The average molecular weight is 291 g/mol. The summed E-state index contributed by atoms with van der Waals surface area (Å²) >= 11 is 0. The average Bonchev–Trinajstić information content (AvgIpc) is 2.63. The number of methoxy groups -OCH3 is 1. The fourth-order valence-electron chi connectivity index (χ4n) is 2.94. The monoisotopic (exact) mass is 291 g/mol. The van der Waals surface area contributed by atoms with Crippen LogP contribution in [0.3, 0.4) is 0 Å². The Balaban J connectivity index is 2.09. The molecule has 1 heterocycles. The van der Waals surface area contributed by atoms with Crippen molar-refractivity contribution in [3.8, 4) is 5.75 Å². The maximum Gasteiger partial charge on any atom is 0.141 e. The van der Waals surface area contributed by atoms with Crippen LogP contribution < -0.4 is 10.1 Å². The molecule has 4 heteroatoms. The lowest BCUT2D eigenvalue weighted by atomic mass is 10.1. The van der Waals surface area contributed by atoms with Crippen LogP contribution in [0.5, 0.6) is 5.75 Å². The SMILES string of the molecule is COc1ccc(CN(C)C)cc1NC1CCCN(C)CC1. The van der Waals surface area contributed by atoms with Gasteiger partial charge >= 0.3 is 0 Å². The molecule has 0 saturated carbocycles. The lowest BCUT2D eigenvalue weighted by Gasteiger charge is -2.21. The van der Waals surface area contributed by atoms with E-state index in [-0.39, 0.29) is 0 Å². The molecule has 0 bridgehead atoms. The second-order valence-corrected chi connectivity index (χ2v) is 6.35. The molecule has 1 aromatic rings. The number of benzene rings is 1. The zero-order valence-electron chi connectivity index (χ0n) is 13.9. The van der Waals surface area contributed by atoms with E-state index in [1.807, 2.05) is 0 Å². The van der Waals surface area contributed by atoms with E-state index in [0.717, 1.165) is 24.5 Å². The molecule has 0 aromatic heterocycles. The number of anilines is 1. The number of hydrogen-bond donors (Lipinski definition) is 1. The Bertz CT molecular complexity index is 448. The highest BCUT2D eigenvalue weighted by atomic mass is 16.5. The van der Waals surface area contributed by atoms with Crippen molar-refractivity contribution in [1.29, 1.82) is 0 Å². The van der Waals surface area contributed by atoms with E-state index in [4.69, 9.17) is 4.74 Å². The van der Waals surface area contributed by atoms with Crippen LogP contribution in [-0.2, 0) is 6.54 Å². The summed E-state index contributed by atoms with van der Waals surface area (Å²) in [5.41, 5.74) is 2.44. The van der Waals surface area contributed by atoms with Crippen LogP contribution in [0, 0.1) is 0 Å². The van der Waals surface area contributed by atoms with Gasteiger partial charge in [-0.2, -0.15) is 0 Å². The Kier molecular flexibility index (Phi) is 5.88. The first-order chi connectivity index (χ1) is 10.1. The number of hydrogen-bond acceptors (Lipinski definition) is 4. The van der Waals surface area contributed by atoms with Gasteiger partial charge in [-0.3, -0.25) is 0 Å². The smallest absolute Gasteiger partial charge is 0.141 e. The molecule has 1 aliphatic heterocycles. The normalized spacial score (nSPS) is 20.3. The molecule has 1 saturated heterocycles. The van der Waals surface area contributed by atoms with Crippen molar-refractivity contribution in [2.24, 2.45) is 0 Å². The third kappa shape index (κ3) is 4.90. The van der Waals surface area contributed by atoms with Gasteiger partial charge in [0.25, 0.3) is 0 Å². The van der Waals surface area contributed by atoms with Gasteiger partial charge in [-0.05, 0) is 71.2 Å². The Labute approximate surface area is 129 Å². The molecule has 118 valence electrons. The minimum Gasteiger partial charge on any atom is -0.495 e. The van der Waals surface area contributed by atoms with E-state index in [1.54, 1.807) is 7.11 Å². The largest absolute Gasteiger partial charge is 0.495 e. The van der Waals surface area contributed by atoms with Crippen LogP contribution in [0.2, 0.25) is 0 Å². The van der Waals surface area contributed by atoms with Crippen LogP contribution in [0.25, 0.3) is 0 Å². The van der Waals surface area contributed by atoms with Crippen molar-refractivity contribution >= 4 is 5.69 Å². The summed E-state index contributed by atoms with van der Waals surface area (Å²) in [4.78, 5) is 4.60. The van der Waals surface area contributed by atoms with E-state index >= 15 is 0 Å². The maximum atomic E-state index is 5.51. The molecule has 1 aliphatic rings. The minimum absolute atomic E-state index is 0.540. The van der Waals surface area contributed by atoms with Crippen molar-refractivity contribution < 1.29 is 4.74 Å². The zero-order chi connectivity index (χ0) is 15.2. The maximum absolute atomic E-state index is 5.51. The Hall–Kier alpha value is -1.26. The molecule has 0 amide bonds. The van der Waals surface area contributed by atoms with Gasteiger partial charge < -0.3 is 19.9 Å². The van der Waals surface area contributed by atoms with E-state index in [0.29, 0.717) is 6.04 Å². The molecule has 4 nitrogen and oxygen atoms in total. The third-order valence-electron chi connectivity index (χ3n) is 4.07. The molecule has 0 spiro atoms. The predicted octanol–water partition coefficient (Wildman–Crippen LogP) is 2.65. The summed E-state index contributed by atoms with van der Waals surface area (Å²) < 4.78 is 5.51. The van der Waals surface area contributed by atoms with Crippen molar-refractivity contribution in [1.82, 2.24) is 9.80 Å². The Morgan fingerprint density at radius 3 is 2.81 bits per heavy atom. The minimum atomic E-state index is 0.540. The summed E-state index contributed by atoms with van der Waals surface area (Å²) in [5.74, 6) is 0.940. The first kappa shape index (κ1) is 16.1. The summed E-state index contributed by atoms with van der Waals surface area (Å²) in [7, 11) is 8.14. The van der Waals surface area contributed by atoms with Crippen molar-refractivity contribution in [3.63, 3.8) is 0 Å². The quantitative estimate of drug-likeness (QED) is 0.902. The number of likely N-dealkylation sites (tertiary alicyclic amines) is 1. The van der Waals surface area contributed by atoms with Gasteiger partial charge in [0.15, 0.2) is 0 Å². The molecule has 1 fully saturated rings. The molecule has 2 rings (SSSR count). The van der Waals surface area contributed by atoms with Crippen LogP contribution in [-0.4, -0.2) is 57.2 Å². The molecular weight excluding hydrogens is 262 g/mol. The first-order valence-electron chi connectivity index (χ1n) is 7.85. The molecule has 0 radical (unpaired) electrons. The highest BCUT2D eigenvalue weighted by molar-refractivity contribution is 5.58. The lowest BCUT2D eigenvalue weighted by Crippen LogP contribution is -2.23. The van der Waals surface area contributed by atoms with Crippen molar-refractivity contribution in [2.75, 3.05) is 46.7 Å². The second-order valence-electron chi connectivity index (χ2n) is 6.35. The fraction of sp³-hybridized carbons (Fsp3) is 0.647. The molecule has 21 heavy (non-hydrogen) atoms. The molecule has 1 N–H and O–H groups in total. The number of rotatable bonds is 5. The highest BCUT2D eigenvalue weighted by Crippen LogP contribution is 2.28. The number of nitrogens with zero attached hydrogens (tertiary/aromatic N) is 2. The topological polar surface area (TPSA) is 27.7 Å². The van der Waals surface area contributed by atoms with Gasteiger partial charge in [-0.15, -0.1) is 0 Å². The zero-order valence-corrected chi connectivity index (χ0v) is 13.9. The van der Waals surface area contributed by atoms with Gasteiger partial charge in [0, 0.05) is 12.6 Å². The predicted molar refractivity (Wildman–Crippen MR) is 89.1 cm³/mol. The Morgan fingerprint density at radius 2 is 2.10 bits per heavy atom. The molecule has 1 atom stereocenters. The fourth-order valence-corrected chi connectivity index (χ4v) is 2.94. The molecule has 1 unspecified atom stereocenters. The van der Waals surface area contributed by atoms with E-state index in [2.05, 4.69) is 54.5 Å². The number of ether oxygens (including phenoxy) is 1. The second kappa shape index (κ2) is 7.66. The van der Waals surface area contributed by atoms with Crippen LogP contribution in [0.15, 0.2) is 18.2 Å². The number of nitrogens with one attached hydrogen (secondary N) is 1. The highest BCUT2D eigenvalue weighted by Gasteiger charge is 2.16. The first-order valence-corrected chi connectivity index (χ1v) is 7.85. The summed E-state index contributed by atoms with van der Waals surface area (Å²) in [6.07, 6.45) is 3.68. The van der Waals surface area contributed by atoms with E-state index < -0.39 is 0 Å². The summed E-state index contributed by atoms with van der Waals surface area (Å²) in [6, 6.07) is 6.99. The lowest BCUT2D eigenvalue weighted by molar-refractivity contribution is 0.348. The van der Waals surface area contributed by atoms with Crippen molar-refractivity contribution in [3.05, 3.63) is 23.8 Å². The molecular formula is C17H29N3O. The van der Waals surface area contributed by atoms with Gasteiger partial charge in [-0.1, -0.05) is 6.07 Å². The van der Waals surface area contributed by atoms with Crippen LogP contribution in [0.1, 0.15) is 24.8 Å². The van der Waals surface area contributed by atoms with Gasteiger partial charge in [0.1, 0.15) is 5.75 Å². The van der Waals surface area contributed by atoms with Crippen LogP contribution in [0.4, 0.5) is 5.69 Å². The molecule has 0 aliphatic carbocycles. The Morgan fingerprint density at radius 1 is 1.29 bits per heavy atom. The third-order valence-corrected chi connectivity index (χ3v) is 4.07. The molecule has 1 aromatic carbocycles. The van der Waals surface area contributed by atoms with Gasteiger partial charge in [0.2, 0.25) is 0 Å². The van der Waals surface area contributed by atoms with Crippen LogP contribution >= 0.6 is 0 Å². The summed E-state index contributed by atoms with van der Waals surface area (Å²) in [5, 5.41) is 3.70.